The molecule has 2 amide bonds. The van der Waals surface area contributed by atoms with E-state index in [4.69, 9.17) is 5.11 Å². The molecule has 0 saturated carbocycles. The van der Waals surface area contributed by atoms with Gasteiger partial charge < -0.3 is 15.7 Å². The van der Waals surface area contributed by atoms with Crippen LogP contribution in [-0.2, 0) is 11.2 Å². The molecule has 0 aliphatic rings. The Balaban J connectivity index is 2.08. The van der Waals surface area contributed by atoms with Crippen LogP contribution in [-0.4, -0.2) is 35.6 Å². The Kier molecular flexibility index (Phi) is 6.96. The SMILES string of the molecule is C[C@H](CCO)NC(=O)C(Cc1ccccc1)NC(=O)c1cccs1. The number of amides is 2. The molecule has 0 bridgehead atoms. The van der Waals surface area contributed by atoms with Crippen LogP contribution in [0.5, 0.6) is 0 Å². The number of rotatable bonds is 8. The van der Waals surface area contributed by atoms with Crippen LogP contribution >= 0.6 is 11.3 Å². The minimum Gasteiger partial charge on any atom is -0.396 e. The predicted molar refractivity (Wildman–Crippen MR) is 95.0 cm³/mol. The molecule has 2 rings (SSSR count). The molecule has 6 heteroatoms. The predicted octanol–water partition coefficient (Wildman–Crippen LogP) is 1.98. The van der Waals surface area contributed by atoms with Gasteiger partial charge in [-0.1, -0.05) is 36.4 Å². The molecule has 0 aliphatic carbocycles. The van der Waals surface area contributed by atoms with E-state index < -0.39 is 6.04 Å². The van der Waals surface area contributed by atoms with E-state index >= 15 is 0 Å². The molecule has 1 unspecified atom stereocenters. The highest BCUT2D eigenvalue weighted by atomic mass is 32.1. The molecule has 3 N–H and O–H groups in total. The fourth-order valence-corrected chi connectivity index (χ4v) is 2.93. The van der Waals surface area contributed by atoms with Gasteiger partial charge in [-0.05, 0) is 30.4 Å². The summed E-state index contributed by atoms with van der Waals surface area (Å²) in [5, 5.41) is 16.5. The van der Waals surface area contributed by atoms with Crippen LogP contribution in [0.2, 0.25) is 0 Å². The van der Waals surface area contributed by atoms with E-state index in [1.807, 2.05) is 42.6 Å². The number of hydrogen-bond donors (Lipinski definition) is 3. The summed E-state index contributed by atoms with van der Waals surface area (Å²) in [5.41, 5.74) is 0.971. The van der Waals surface area contributed by atoms with Crippen LogP contribution in [0.15, 0.2) is 47.8 Å². The maximum atomic E-state index is 12.5. The second-order valence-electron chi connectivity index (χ2n) is 5.61. The first-order valence-corrected chi connectivity index (χ1v) is 8.77. The molecule has 2 aromatic rings. The van der Waals surface area contributed by atoms with E-state index in [0.29, 0.717) is 17.7 Å². The molecular formula is C18H22N2O3S. The van der Waals surface area contributed by atoms with Crippen molar-refractivity contribution in [3.05, 3.63) is 58.3 Å². The molecule has 0 spiro atoms. The summed E-state index contributed by atoms with van der Waals surface area (Å²) < 4.78 is 0. The van der Waals surface area contributed by atoms with Crippen molar-refractivity contribution in [3.63, 3.8) is 0 Å². The Morgan fingerprint density at radius 1 is 1.12 bits per heavy atom. The zero-order valence-electron chi connectivity index (χ0n) is 13.6. The quantitative estimate of drug-likeness (QED) is 0.684. The van der Waals surface area contributed by atoms with E-state index in [-0.39, 0.29) is 24.5 Å². The maximum absolute atomic E-state index is 12.5. The van der Waals surface area contributed by atoms with E-state index in [0.717, 1.165) is 5.56 Å². The zero-order chi connectivity index (χ0) is 17.4. The second-order valence-corrected chi connectivity index (χ2v) is 6.56. The summed E-state index contributed by atoms with van der Waals surface area (Å²) in [5.74, 6) is -0.499. The Morgan fingerprint density at radius 3 is 2.50 bits per heavy atom. The first-order chi connectivity index (χ1) is 11.6. The highest BCUT2D eigenvalue weighted by Crippen LogP contribution is 2.10. The zero-order valence-corrected chi connectivity index (χ0v) is 14.4. The summed E-state index contributed by atoms with van der Waals surface area (Å²) in [6.45, 7) is 1.83. The van der Waals surface area contributed by atoms with Crippen LogP contribution in [0.3, 0.4) is 0 Å². The smallest absolute Gasteiger partial charge is 0.262 e. The van der Waals surface area contributed by atoms with Crippen LogP contribution < -0.4 is 10.6 Å². The highest BCUT2D eigenvalue weighted by molar-refractivity contribution is 7.12. The van der Waals surface area contributed by atoms with Crippen LogP contribution in [0.25, 0.3) is 0 Å². The van der Waals surface area contributed by atoms with Gasteiger partial charge >= 0.3 is 0 Å². The molecular weight excluding hydrogens is 324 g/mol. The Hall–Kier alpha value is -2.18. The summed E-state index contributed by atoms with van der Waals surface area (Å²) in [6.07, 6.45) is 0.887. The van der Waals surface area contributed by atoms with Crippen molar-refractivity contribution < 1.29 is 14.7 Å². The molecule has 24 heavy (non-hydrogen) atoms. The van der Waals surface area contributed by atoms with E-state index in [1.165, 1.54) is 11.3 Å². The van der Waals surface area contributed by atoms with Gasteiger partial charge in [-0.3, -0.25) is 9.59 Å². The first kappa shape index (κ1) is 18.2. The van der Waals surface area contributed by atoms with Crippen molar-refractivity contribution in [3.8, 4) is 0 Å². The largest absolute Gasteiger partial charge is 0.396 e. The number of nitrogens with one attached hydrogen (secondary N) is 2. The van der Waals surface area contributed by atoms with Crippen molar-refractivity contribution in [1.29, 1.82) is 0 Å². The molecule has 2 atom stereocenters. The summed E-state index contributed by atoms with van der Waals surface area (Å²) >= 11 is 1.34. The topological polar surface area (TPSA) is 78.4 Å². The van der Waals surface area contributed by atoms with E-state index in [1.54, 1.807) is 12.1 Å². The lowest BCUT2D eigenvalue weighted by Crippen LogP contribution is -2.50. The molecule has 1 heterocycles. The molecule has 0 radical (unpaired) electrons. The lowest BCUT2D eigenvalue weighted by Gasteiger charge is -2.21. The number of carbonyl (C=O) groups is 2. The average Bonchev–Trinajstić information content (AvgIpc) is 3.10. The van der Waals surface area contributed by atoms with Crippen molar-refractivity contribution in [2.45, 2.75) is 31.8 Å². The number of thiophene rings is 1. The number of benzene rings is 1. The van der Waals surface area contributed by atoms with Gasteiger partial charge in [0.15, 0.2) is 0 Å². The van der Waals surface area contributed by atoms with Crippen molar-refractivity contribution in [2.75, 3.05) is 6.61 Å². The molecule has 0 saturated heterocycles. The Labute approximate surface area is 145 Å². The number of aliphatic hydroxyl groups excluding tert-OH is 1. The monoisotopic (exact) mass is 346 g/mol. The molecule has 128 valence electrons. The van der Waals surface area contributed by atoms with Gasteiger partial charge in [-0.15, -0.1) is 11.3 Å². The summed E-state index contributed by atoms with van der Waals surface area (Å²) in [4.78, 5) is 25.4. The van der Waals surface area contributed by atoms with Gasteiger partial charge in [0.1, 0.15) is 6.04 Å². The third-order valence-electron chi connectivity index (χ3n) is 3.60. The third-order valence-corrected chi connectivity index (χ3v) is 4.47. The molecule has 0 fully saturated rings. The van der Waals surface area contributed by atoms with Gasteiger partial charge in [0.05, 0.1) is 4.88 Å². The standard InChI is InChI=1S/C18H22N2O3S/c1-13(9-10-21)19-17(22)15(12-14-6-3-2-4-7-14)20-18(23)16-8-5-11-24-16/h2-8,11,13,15,21H,9-10,12H2,1H3,(H,19,22)(H,20,23)/t13-,15?/m1/s1. The van der Waals surface area contributed by atoms with Gasteiger partial charge in [0.25, 0.3) is 5.91 Å². The second kappa shape index (κ2) is 9.20. The number of carbonyl (C=O) groups excluding carboxylic acids is 2. The van der Waals surface area contributed by atoms with Crippen molar-refractivity contribution >= 4 is 23.2 Å². The Morgan fingerprint density at radius 2 is 1.88 bits per heavy atom. The van der Waals surface area contributed by atoms with Gasteiger partial charge in [-0.25, -0.2) is 0 Å². The van der Waals surface area contributed by atoms with Crippen molar-refractivity contribution in [1.82, 2.24) is 10.6 Å². The minimum absolute atomic E-state index is 0.00630. The van der Waals surface area contributed by atoms with Crippen LogP contribution in [0.1, 0.15) is 28.6 Å². The number of aliphatic hydroxyl groups is 1. The fourth-order valence-electron chi connectivity index (χ4n) is 2.31. The molecule has 1 aromatic carbocycles. The molecule has 5 nitrogen and oxygen atoms in total. The van der Waals surface area contributed by atoms with E-state index in [9.17, 15) is 9.59 Å². The molecule has 0 aliphatic heterocycles. The van der Waals surface area contributed by atoms with Crippen molar-refractivity contribution in [2.24, 2.45) is 0 Å². The maximum Gasteiger partial charge on any atom is 0.262 e. The van der Waals surface area contributed by atoms with Gasteiger partial charge in [0.2, 0.25) is 5.91 Å². The molecule has 1 aromatic heterocycles. The van der Waals surface area contributed by atoms with E-state index in [2.05, 4.69) is 10.6 Å². The third kappa shape index (κ3) is 5.47. The Bertz CT molecular complexity index is 644. The summed E-state index contributed by atoms with van der Waals surface area (Å²) in [6, 6.07) is 12.3. The highest BCUT2D eigenvalue weighted by Gasteiger charge is 2.23. The average molecular weight is 346 g/mol. The lowest BCUT2D eigenvalue weighted by atomic mass is 10.0. The normalized spacial score (nSPS) is 13.1. The minimum atomic E-state index is -0.664. The number of hydrogen-bond acceptors (Lipinski definition) is 4. The summed E-state index contributed by atoms with van der Waals surface area (Å²) in [7, 11) is 0. The van der Waals surface area contributed by atoms with Gasteiger partial charge in [-0.2, -0.15) is 0 Å². The van der Waals surface area contributed by atoms with Crippen LogP contribution in [0.4, 0.5) is 0 Å². The van der Waals surface area contributed by atoms with Gasteiger partial charge in [0, 0.05) is 19.1 Å². The fraction of sp³-hybridized carbons (Fsp3) is 0.333. The first-order valence-electron chi connectivity index (χ1n) is 7.89. The van der Waals surface area contributed by atoms with Crippen LogP contribution in [0, 0.1) is 0 Å². The lowest BCUT2D eigenvalue weighted by molar-refractivity contribution is -0.123.